The average Bonchev–Trinajstić information content (AvgIpc) is 3.37. The van der Waals surface area contributed by atoms with E-state index >= 15 is 0 Å². The van der Waals surface area contributed by atoms with E-state index < -0.39 is 21.3 Å². The Morgan fingerprint density at radius 1 is 0.651 bits per heavy atom. The minimum atomic E-state index is -2.57. The number of fused-ring (bicyclic) bond motifs is 3. The van der Waals surface area contributed by atoms with Gasteiger partial charge in [-0.3, -0.25) is 0 Å². The first-order valence-electron chi connectivity index (χ1n) is 15.5. The topological polar surface area (TPSA) is 0 Å². The van der Waals surface area contributed by atoms with Crippen LogP contribution in [0.4, 0.5) is 0 Å². The number of rotatable bonds is 3. The van der Waals surface area contributed by atoms with E-state index in [0.717, 1.165) is 0 Å². The van der Waals surface area contributed by atoms with E-state index in [1.165, 1.54) is 27.8 Å². The number of hydrogen-bond acceptors (Lipinski definition) is 0. The van der Waals surface area contributed by atoms with Crippen molar-refractivity contribution in [3.63, 3.8) is 0 Å². The average molecular weight is 693 g/mol. The van der Waals surface area contributed by atoms with Crippen molar-refractivity contribution < 1.29 is 46.1 Å². The van der Waals surface area contributed by atoms with Crippen molar-refractivity contribution in [2.75, 3.05) is 0 Å². The minimum absolute atomic E-state index is 0. The Balaban J connectivity index is 0.00000253. The number of hydrogen-bond donors (Lipinski definition) is 0. The summed E-state index contributed by atoms with van der Waals surface area (Å²) in [6.07, 6.45) is 2.60. The molecule has 0 nitrogen and oxygen atoms in total. The zero-order valence-corrected chi connectivity index (χ0v) is 32.3. The smallest absolute Gasteiger partial charge is 1.00 e. The number of allylic oxidation sites excluding steroid dienone is 4. The summed E-state index contributed by atoms with van der Waals surface area (Å²) in [5, 5.41) is 0. The maximum atomic E-state index is 2.60. The largest absolute Gasteiger partial charge is 1.00 e. The van der Waals surface area contributed by atoms with Crippen molar-refractivity contribution >= 4 is 3.21 Å². The first kappa shape index (κ1) is 35.9. The quantitative estimate of drug-likeness (QED) is 0.358. The molecule has 43 heavy (non-hydrogen) atoms. The van der Waals surface area contributed by atoms with Crippen LogP contribution >= 0.6 is 0 Å². The van der Waals surface area contributed by atoms with Crippen LogP contribution < -0.4 is 24.8 Å². The van der Waals surface area contributed by atoms with Gasteiger partial charge in [0, 0.05) is 0 Å². The van der Waals surface area contributed by atoms with Gasteiger partial charge in [0.2, 0.25) is 0 Å². The van der Waals surface area contributed by atoms with Crippen molar-refractivity contribution in [1.29, 1.82) is 0 Å². The van der Waals surface area contributed by atoms with Gasteiger partial charge in [-0.2, -0.15) is 0 Å². The molecule has 0 saturated carbocycles. The van der Waals surface area contributed by atoms with Gasteiger partial charge in [-0.1, -0.05) is 0 Å². The predicted octanol–water partition coefficient (Wildman–Crippen LogP) is 5.11. The Kier molecular flexibility index (Phi) is 10.6. The Morgan fingerprint density at radius 2 is 1.12 bits per heavy atom. The normalized spacial score (nSPS) is 17.1. The molecule has 2 aliphatic rings. The van der Waals surface area contributed by atoms with Crippen LogP contribution in [0.2, 0.25) is 0 Å². The molecule has 0 radical (unpaired) electrons. The second-order valence-corrected chi connectivity index (χ2v) is 22.2. The molecule has 1 unspecified atom stereocenters. The molecule has 3 heteroatoms. The molecule has 0 saturated heterocycles. The maximum Gasteiger partial charge on any atom is -1.00 e. The van der Waals surface area contributed by atoms with Crippen molar-refractivity contribution in [3.8, 4) is 11.1 Å². The van der Waals surface area contributed by atoms with Crippen molar-refractivity contribution in [3.05, 3.63) is 115 Å². The molecule has 2 aliphatic carbocycles. The maximum absolute atomic E-state index is 2.60. The number of halogens is 2. The molecule has 3 aromatic carbocycles. The monoisotopic (exact) mass is 690 g/mol. The van der Waals surface area contributed by atoms with Gasteiger partial charge >= 0.3 is 260 Å². The van der Waals surface area contributed by atoms with Crippen LogP contribution in [0.3, 0.4) is 0 Å². The fourth-order valence-electron chi connectivity index (χ4n) is 7.12. The van der Waals surface area contributed by atoms with Crippen molar-refractivity contribution in [1.82, 2.24) is 0 Å². The van der Waals surface area contributed by atoms with Crippen molar-refractivity contribution in [2.45, 2.75) is 97.5 Å². The molecular formula is C40H50Cl2Zr. The van der Waals surface area contributed by atoms with Crippen LogP contribution in [-0.4, -0.2) is 3.21 Å². The zero-order chi connectivity index (χ0) is 30.1. The molecule has 228 valence electrons. The van der Waals surface area contributed by atoms with E-state index in [1.807, 2.05) is 0 Å². The summed E-state index contributed by atoms with van der Waals surface area (Å²) in [6, 6.07) is 26.3. The molecule has 5 rings (SSSR count). The van der Waals surface area contributed by atoms with E-state index in [1.54, 1.807) is 28.8 Å². The second kappa shape index (κ2) is 12.7. The fourth-order valence-corrected chi connectivity index (χ4v) is 16.6. The van der Waals surface area contributed by atoms with E-state index in [0.29, 0.717) is 9.54 Å². The standard InChI is InChI=1S/C21H25.C11H17.C8H8.2ClH.Zr/c1-20(2,3)16-9-7-14-11-15-8-10-17(21(4,5)6)13-19(15)18(14)12-16;1-8-6-9(2)10(7-8)11(3,4)5;1-2-8-6-4-3-5-7-8;;;/h7-13H,1-6H3;7-8H,1-5H3;3-7H,1H3;2*1H;/q;;;;;+2/p-2. The third-order valence-electron chi connectivity index (χ3n) is 9.43. The molecule has 0 N–H and O–H groups in total. The Labute approximate surface area is 282 Å². The van der Waals surface area contributed by atoms with Crippen LogP contribution in [0, 0.1) is 11.3 Å². The molecule has 0 spiro atoms. The third kappa shape index (κ3) is 6.71. The van der Waals surface area contributed by atoms with E-state index in [9.17, 15) is 0 Å². The molecule has 0 amide bonds. The molecule has 1 atom stereocenters. The van der Waals surface area contributed by atoms with E-state index in [-0.39, 0.29) is 41.1 Å². The van der Waals surface area contributed by atoms with Crippen LogP contribution in [0.25, 0.3) is 11.1 Å². The van der Waals surface area contributed by atoms with Gasteiger partial charge in [0.25, 0.3) is 0 Å². The van der Waals surface area contributed by atoms with Crippen LogP contribution in [0.15, 0.2) is 87.2 Å². The van der Waals surface area contributed by atoms with Crippen LogP contribution in [0.5, 0.6) is 0 Å². The second-order valence-electron chi connectivity index (χ2n) is 15.6. The Hall–Kier alpha value is -1.53. The van der Waals surface area contributed by atoms with E-state index in [2.05, 4.69) is 156 Å². The predicted molar refractivity (Wildman–Crippen MR) is 177 cm³/mol. The van der Waals surface area contributed by atoms with Gasteiger partial charge in [-0.05, 0) is 0 Å². The summed E-state index contributed by atoms with van der Waals surface area (Å²) in [4.78, 5) is 0. The van der Waals surface area contributed by atoms with Gasteiger partial charge < -0.3 is 24.8 Å². The summed E-state index contributed by atoms with van der Waals surface area (Å²) in [6.45, 7) is 28.6. The van der Waals surface area contributed by atoms with Crippen LogP contribution in [-0.2, 0) is 32.1 Å². The van der Waals surface area contributed by atoms with Gasteiger partial charge in [0.05, 0.1) is 0 Å². The Morgan fingerprint density at radius 3 is 1.51 bits per heavy atom. The molecule has 0 bridgehead atoms. The summed E-state index contributed by atoms with van der Waals surface area (Å²) in [5.41, 5.74) is 13.9. The first-order valence-corrected chi connectivity index (χ1v) is 19.4. The van der Waals surface area contributed by atoms with Gasteiger partial charge in [-0.15, -0.1) is 0 Å². The number of benzene rings is 3. The molecule has 0 fully saturated rings. The molecule has 0 aliphatic heterocycles. The summed E-state index contributed by atoms with van der Waals surface area (Å²) >= 11 is -2.57. The van der Waals surface area contributed by atoms with Crippen molar-refractivity contribution in [2.24, 2.45) is 11.3 Å². The zero-order valence-electron chi connectivity index (χ0n) is 28.3. The summed E-state index contributed by atoms with van der Waals surface area (Å²) in [7, 11) is 0. The van der Waals surface area contributed by atoms with Gasteiger partial charge in [0.15, 0.2) is 0 Å². The minimum Gasteiger partial charge on any atom is -1.00 e. The summed E-state index contributed by atoms with van der Waals surface area (Å²) < 4.78 is 3.94. The summed E-state index contributed by atoms with van der Waals surface area (Å²) in [5.74, 6) is 0.493. The Bertz CT molecular complexity index is 1540. The van der Waals surface area contributed by atoms with Gasteiger partial charge in [0.1, 0.15) is 0 Å². The third-order valence-corrected chi connectivity index (χ3v) is 18.5. The SMILES string of the molecule is CC1=[C](/[Zr+2](=[C](\C)c2ccccc2)[CH]2c3ccc(C(C)(C)C)cc3-c3cc(C(C)(C)C)ccc32)C(C)C=C1C(C)(C)C.[Cl-].[Cl-]. The molecule has 0 heterocycles. The molecular weight excluding hydrogens is 643 g/mol. The van der Waals surface area contributed by atoms with E-state index in [4.69, 9.17) is 0 Å². The van der Waals surface area contributed by atoms with Gasteiger partial charge in [-0.25, -0.2) is 0 Å². The first-order chi connectivity index (χ1) is 19.0. The van der Waals surface area contributed by atoms with Crippen LogP contribution in [0.1, 0.15) is 115 Å². The molecule has 0 aromatic heterocycles. The molecule has 3 aromatic rings. The fraction of sp³-hybridized carbons (Fsp3) is 0.425.